The van der Waals surface area contributed by atoms with Crippen molar-refractivity contribution >= 4 is 31.6 Å². The van der Waals surface area contributed by atoms with Gasteiger partial charge in [0.1, 0.15) is 13.3 Å². The van der Waals surface area contributed by atoms with Gasteiger partial charge in [0.25, 0.3) is 0 Å². The van der Waals surface area contributed by atoms with Crippen molar-refractivity contribution in [3.63, 3.8) is 0 Å². The fraction of sp³-hybridized carbons (Fsp3) is 0.400. The van der Waals surface area contributed by atoms with Gasteiger partial charge in [0.15, 0.2) is 0 Å². The summed E-state index contributed by atoms with van der Waals surface area (Å²) in [4.78, 5) is 7.83. The zero-order valence-corrected chi connectivity index (χ0v) is 36.2. The van der Waals surface area contributed by atoms with Crippen molar-refractivity contribution in [2.24, 2.45) is 0 Å². The van der Waals surface area contributed by atoms with Gasteiger partial charge in [0.05, 0.1) is 20.2 Å². The zero-order chi connectivity index (χ0) is 31.2. The normalized spacial score (nSPS) is 14.0. The Morgan fingerprint density at radius 3 is 1.13 bits per heavy atom. The molecule has 0 unspecified atom stereocenters. The molecule has 2 heterocycles. The molecular formula is C30H42CuK2N4O6S2+. The van der Waals surface area contributed by atoms with Gasteiger partial charge in [-0.05, 0) is 76.6 Å². The molecule has 45 heavy (non-hydrogen) atoms. The maximum Gasteiger partial charge on any atom is 1.00 e. The molecule has 0 amide bonds. The van der Waals surface area contributed by atoms with Gasteiger partial charge in [-0.2, -0.15) is 0 Å². The van der Waals surface area contributed by atoms with Crippen molar-refractivity contribution in [1.82, 2.24) is 9.80 Å². The molecule has 2 aliphatic rings. The summed E-state index contributed by atoms with van der Waals surface area (Å²) in [7, 11) is -8.26. The molecule has 0 fully saturated rings. The van der Waals surface area contributed by atoms with Crippen LogP contribution in [0.4, 0.5) is 11.4 Å². The molecule has 2 radical (unpaired) electrons. The molecular weight excluding hydrogens is 718 g/mol. The van der Waals surface area contributed by atoms with E-state index in [1.54, 1.807) is 0 Å². The molecule has 2 aliphatic heterocycles. The molecule has 2 aromatic carbocycles. The van der Waals surface area contributed by atoms with Gasteiger partial charge < -0.3 is 28.7 Å². The van der Waals surface area contributed by atoms with E-state index in [9.17, 15) is 25.9 Å². The Kier molecular flexibility index (Phi) is 20.7. The van der Waals surface area contributed by atoms with E-state index in [-0.39, 0.29) is 133 Å². The fourth-order valence-corrected chi connectivity index (χ4v) is 6.29. The van der Waals surface area contributed by atoms with E-state index in [1.807, 2.05) is 57.7 Å². The van der Waals surface area contributed by atoms with Crippen LogP contribution in [-0.4, -0.2) is 60.3 Å². The van der Waals surface area contributed by atoms with Crippen molar-refractivity contribution in [3.8, 4) is 0 Å². The van der Waals surface area contributed by atoms with Crippen LogP contribution in [0.2, 0.25) is 0 Å². The van der Waals surface area contributed by atoms with Crippen molar-refractivity contribution in [2.75, 3.05) is 34.4 Å². The van der Waals surface area contributed by atoms with Crippen molar-refractivity contribution in [3.05, 3.63) is 95.8 Å². The predicted octanol–water partition coefficient (Wildman–Crippen LogP) is -1.23. The Balaban J connectivity index is 0. The Morgan fingerprint density at radius 1 is 0.578 bits per heavy atom. The van der Waals surface area contributed by atoms with Gasteiger partial charge in [-0.25, -0.2) is 16.8 Å². The molecule has 2 aromatic rings. The third-order valence-corrected chi connectivity index (χ3v) is 8.37. The first-order chi connectivity index (χ1) is 19.5. The molecule has 0 N–H and O–H groups in total. The van der Waals surface area contributed by atoms with Crippen LogP contribution in [0.3, 0.4) is 0 Å². The minimum Gasteiger partial charge on any atom is -0.748 e. The summed E-state index contributed by atoms with van der Waals surface area (Å²) < 4.78 is 63.6. The molecule has 242 valence electrons. The number of hydrogen-bond donors (Lipinski definition) is 0. The van der Waals surface area contributed by atoms with E-state index in [0.29, 0.717) is 25.9 Å². The van der Waals surface area contributed by atoms with Gasteiger partial charge in [-0.15, -0.1) is 0 Å². The number of anilines is 2. The predicted molar refractivity (Wildman–Crippen MR) is 167 cm³/mol. The first-order valence-corrected chi connectivity index (χ1v) is 16.9. The molecule has 0 saturated heterocycles. The summed E-state index contributed by atoms with van der Waals surface area (Å²) in [6.07, 6.45) is 8.30. The minimum absolute atomic E-state index is 0. The SMILES string of the molecule is Cc1cc(C)c(N2[CH]N(CCCS(=O)(=O)[O-])C=C2)c(C)c1.Cc1cc(C)c(N2[CH]N(CCCS(=O)(=O)[O-])C=C2)c(C)c1.[Cu+].[HH].[K+].[K+]. The molecule has 0 aromatic heterocycles. The van der Waals surface area contributed by atoms with E-state index in [0.717, 1.165) is 11.4 Å². The van der Waals surface area contributed by atoms with Crippen LogP contribution in [0, 0.1) is 54.9 Å². The minimum atomic E-state index is -4.13. The number of rotatable bonds is 10. The second-order valence-corrected chi connectivity index (χ2v) is 13.9. The monoisotopic (exact) mass is 759 g/mol. The summed E-state index contributed by atoms with van der Waals surface area (Å²) in [6, 6.07) is 8.54. The van der Waals surface area contributed by atoms with E-state index >= 15 is 0 Å². The molecule has 0 bridgehead atoms. The quantitative estimate of drug-likeness (QED) is 0.215. The van der Waals surface area contributed by atoms with Crippen molar-refractivity contribution < 1.29 is 147 Å². The van der Waals surface area contributed by atoms with Crippen molar-refractivity contribution in [2.45, 2.75) is 54.4 Å². The van der Waals surface area contributed by atoms with Gasteiger partial charge in [-0.3, -0.25) is 0 Å². The number of hydrogen-bond acceptors (Lipinski definition) is 10. The Bertz CT molecular complexity index is 1400. The van der Waals surface area contributed by atoms with Gasteiger partial charge >= 0.3 is 120 Å². The van der Waals surface area contributed by atoms with E-state index in [2.05, 4.69) is 65.8 Å². The van der Waals surface area contributed by atoms with Crippen LogP contribution in [0.5, 0.6) is 0 Å². The summed E-state index contributed by atoms with van der Waals surface area (Å²) in [5, 5.41) is 0. The number of benzene rings is 2. The largest absolute Gasteiger partial charge is 1.00 e. The molecule has 0 saturated carbocycles. The third-order valence-electron chi connectivity index (χ3n) is 6.79. The molecule has 0 aliphatic carbocycles. The molecule has 10 nitrogen and oxygen atoms in total. The summed E-state index contributed by atoms with van der Waals surface area (Å²) in [5.74, 6) is -0.651. The van der Waals surface area contributed by atoms with Gasteiger partial charge in [0.2, 0.25) is 0 Å². The van der Waals surface area contributed by atoms with E-state index in [4.69, 9.17) is 0 Å². The Labute approximate surface area is 367 Å². The van der Waals surface area contributed by atoms with Crippen LogP contribution < -0.4 is 113 Å². The summed E-state index contributed by atoms with van der Waals surface area (Å²) in [5.41, 5.74) is 9.50. The second kappa shape index (κ2) is 20.4. The number of nitrogens with zero attached hydrogens (tertiary/aromatic N) is 4. The summed E-state index contributed by atoms with van der Waals surface area (Å²) >= 11 is 0. The molecule has 0 atom stereocenters. The standard InChI is InChI=1S/2C15H21N2O3S.Cu.2K.H2/c2*1-12-9-13(2)15(14(3)10-12)17-7-6-16(11-17)5-4-8-21(18,19)20;;;;/h2*6-7,9-11H,4-5,8H2,1-3H3,(H,18,19,20);;;;1H/q;;3*+1;/p-2. The Morgan fingerprint density at radius 2 is 0.867 bits per heavy atom. The number of aryl methyl sites for hydroxylation is 6. The fourth-order valence-electron chi connectivity index (χ4n) is 5.32. The average molecular weight is 761 g/mol. The van der Waals surface area contributed by atoms with Crippen molar-refractivity contribution in [1.29, 1.82) is 0 Å². The van der Waals surface area contributed by atoms with Crippen LogP contribution in [0.25, 0.3) is 0 Å². The zero-order valence-electron chi connectivity index (χ0n) is 27.4. The maximum absolute atomic E-state index is 10.6. The second-order valence-electron chi connectivity index (χ2n) is 10.8. The molecule has 4 rings (SSSR count). The van der Waals surface area contributed by atoms with Crippen LogP contribution in [0.1, 0.15) is 47.6 Å². The van der Waals surface area contributed by atoms with Crippen LogP contribution in [0.15, 0.2) is 49.1 Å². The van der Waals surface area contributed by atoms with Gasteiger partial charge in [0, 0.05) is 62.2 Å². The Hall–Kier alpha value is 0.732. The maximum atomic E-state index is 10.6. The van der Waals surface area contributed by atoms with Gasteiger partial charge in [-0.1, -0.05) is 35.4 Å². The smallest absolute Gasteiger partial charge is 0.748 e. The first-order valence-electron chi connectivity index (χ1n) is 13.7. The summed E-state index contributed by atoms with van der Waals surface area (Å²) in [6.45, 7) is 17.3. The first kappa shape index (κ1) is 45.7. The third kappa shape index (κ3) is 15.4. The molecule has 0 spiro atoms. The van der Waals surface area contributed by atoms with Crippen LogP contribution >= 0.6 is 0 Å². The van der Waals surface area contributed by atoms with E-state index in [1.165, 1.54) is 33.4 Å². The molecule has 15 heteroatoms. The van der Waals surface area contributed by atoms with E-state index < -0.39 is 20.2 Å². The average Bonchev–Trinajstić information content (AvgIpc) is 3.47. The topological polar surface area (TPSA) is 127 Å². The van der Waals surface area contributed by atoms with Crippen LogP contribution in [-0.2, 0) is 37.3 Å².